The summed E-state index contributed by atoms with van der Waals surface area (Å²) >= 11 is 0. The van der Waals surface area contributed by atoms with Crippen LogP contribution >= 0.6 is 0 Å². The number of hydrogen-bond donors (Lipinski definition) is 1. The summed E-state index contributed by atoms with van der Waals surface area (Å²) in [5, 5.41) is 10.4. The number of aryl methyl sites for hydroxylation is 1. The molecular formula is C17H26O. The fourth-order valence-electron chi connectivity index (χ4n) is 2.94. The number of aliphatic hydroxyl groups excluding tert-OH is 1. The van der Waals surface area contributed by atoms with E-state index < -0.39 is 0 Å². The second kappa shape index (κ2) is 5.44. The Morgan fingerprint density at radius 1 is 1.17 bits per heavy atom. The largest absolute Gasteiger partial charge is 0.392 e. The van der Waals surface area contributed by atoms with Crippen molar-refractivity contribution in [3.8, 4) is 0 Å². The van der Waals surface area contributed by atoms with Gasteiger partial charge in [-0.05, 0) is 55.9 Å². The van der Waals surface area contributed by atoms with E-state index in [0.717, 1.165) is 6.42 Å². The van der Waals surface area contributed by atoms with E-state index in [0.29, 0.717) is 11.3 Å². The van der Waals surface area contributed by atoms with Crippen molar-refractivity contribution in [3.63, 3.8) is 0 Å². The first-order chi connectivity index (χ1) is 8.46. The lowest BCUT2D eigenvalue weighted by atomic mass is 9.71. The highest BCUT2D eigenvalue weighted by Gasteiger charge is 2.30. The van der Waals surface area contributed by atoms with Gasteiger partial charge in [0.25, 0.3) is 0 Å². The minimum absolute atomic E-state index is 0.163. The molecule has 0 radical (unpaired) electrons. The average molecular weight is 246 g/mol. The van der Waals surface area contributed by atoms with Gasteiger partial charge in [0.15, 0.2) is 0 Å². The van der Waals surface area contributed by atoms with Crippen molar-refractivity contribution in [2.45, 2.75) is 59.0 Å². The lowest BCUT2D eigenvalue weighted by Gasteiger charge is -2.36. The monoisotopic (exact) mass is 246 g/mol. The summed E-state index contributed by atoms with van der Waals surface area (Å²) < 4.78 is 0. The quantitative estimate of drug-likeness (QED) is 0.850. The fourth-order valence-corrected chi connectivity index (χ4v) is 2.94. The van der Waals surface area contributed by atoms with Crippen LogP contribution in [0.25, 0.3) is 0 Å². The highest BCUT2D eigenvalue weighted by molar-refractivity contribution is 5.21. The van der Waals surface area contributed by atoms with E-state index >= 15 is 0 Å². The molecule has 1 aromatic carbocycles. The number of benzene rings is 1. The molecule has 1 N–H and O–H groups in total. The average Bonchev–Trinajstić information content (AvgIpc) is 2.32. The van der Waals surface area contributed by atoms with Crippen LogP contribution in [0, 0.1) is 18.3 Å². The first-order valence-corrected chi connectivity index (χ1v) is 7.20. The van der Waals surface area contributed by atoms with Crippen molar-refractivity contribution in [3.05, 3.63) is 35.4 Å². The van der Waals surface area contributed by atoms with Gasteiger partial charge in [-0.25, -0.2) is 0 Å². The molecule has 0 saturated heterocycles. The van der Waals surface area contributed by atoms with Crippen molar-refractivity contribution in [1.29, 1.82) is 0 Å². The summed E-state index contributed by atoms with van der Waals surface area (Å²) in [6.07, 6.45) is 5.51. The van der Waals surface area contributed by atoms with Crippen molar-refractivity contribution in [2.24, 2.45) is 11.3 Å². The zero-order chi connectivity index (χ0) is 13.2. The van der Waals surface area contributed by atoms with Crippen LogP contribution < -0.4 is 0 Å². The molecule has 0 aliphatic heterocycles. The Morgan fingerprint density at radius 2 is 1.72 bits per heavy atom. The van der Waals surface area contributed by atoms with E-state index in [1.54, 1.807) is 0 Å². The maximum Gasteiger partial charge on any atom is 0.0608 e. The second-order valence-electron chi connectivity index (χ2n) is 6.76. The lowest BCUT2D eigenvalue weighted by Crippen LogP contribution is -2.30. The maximum absolute atomic E-state index is 10.4. The van der Waals surface area contributed by atoms with E-state index in [1.165, 1.54) is 36.8 Å². The van der Waals surface area contributed by atoms with Crippen molar-refractivity contribution < 1.29 is 5.11 Å². The first-order valence-electron chi connectivity index (χ1n) is 7.20. The normalized spacial score (nSPS) is 21.8. The molecule has 1 aliphatic rings. The van der Waals surface area contributed by atoms with Gasteiger partial charge in [0.2, 0.25) is 0 Å². The molecule has 1 aromatic rings. The zero-order valence-electron chi connectivity index (χ0n) is 11.9. The van der Waals surface area contributed by atoms with E-state index in [2.05, 4.69) is 45.0 Å². The maximum atomic E-state index is 10.4. The van der Waals surface area contributed by atoms with Crippen LogP contribution in [0.2, 0.25) is 0 Å². The molecule has 100 valence electrons. The van der Waals surface area contributed by atoms with E-state index in [4.69, 9.17) is 0 Å². The third-order valence-electron chi connectivity index (χ3n) is 4.49. The van der Waals surface area contributed by atoms with Crippen LogP contribution in [-0.2, 0) is 6.42 Å². The lowest BCUT2D eigenvalue weighted by molar-refractivity contribution is 0.0576. The molecule has 0 aromatic heterocycles. The standard InChI is InChI=1S/C17H26O/c1-13-4-6-14(7-5-13)12-16(18)15-8-10-17(2,3)11-9-15/h4-7,15-16,18H,8-12H2,1-3H3. The van der Waals surface area contributed by atoms with Crippen molar-refractivity contribution >= 4 is 0 Å². The molecule has 1 unspecified atom stereocenters. The van der Waals surface area contributed by atoms with Gasteiger partial charge in [0.1, 0.15) is 0 Å². The van der Waals surface area contributed by atoms with Crippen LogP contribution in [0.3, 0.4) is 0 Å². The van der Waals surface area contributed by atoms with Crippen LogP contribution in [0.5, 0.6) is 0 Å². The Morgan fingerprint density at radius 3 is 2.28 bits per heavy atom. The minimum Gasteiger partial charge on any atom is -0.392 e. The van der Waals surface area contributed by atoms with Crippen LogP contribution in [0.15, 0.2) is 24.3 Å². The van der Waals surface area contributed by atoms with Gasteiger partial charge in [-0.1, -0.05) is 43.7 Å². The molecule has 18 heavy (non-hydrogen) atoms. The summed E-state index contributed by atoms with van der Waals surface area (Å²) in [6.45, 7) is 6.79. The summed E-state index contributed by atoms with van der Waals surface area (Å²) in [7, 11) is 0. The molecule has 1 aliphatic carbocycles. The van der Waals surface area contributed by atoms with E-state index in [1.807, 2.05) is 0 Å². The Kier molecular flexibility index (Phi) is 4.11. The molecular weight excluding hydrogens is 220 g/mol. The molecule has 0 spiro atoms. The van der Waals surface area contributed by atoms with Crippen molar-refractivity contribution in [1.82, 2.24) is 0 Å². The predicted octanol–water partition coefficient (Wildman–Crippen LogP) is 4.11. The Hall–Kier alpha value is -0.820. The molecule has 1 atom stereocenters. The highest BCUT2D eigenvalue weighted by Crippen LogP contribution is 2.39. The van der Waals surface area contributed by atoms with Crippen molar-refractivity contribution in [2.75, 3.05) is 0 Å². The molecule has 1 fully saturated rings. The van der Waals surface area contributed by atoms with Crippen LogP contribution in [-0.4, -0.2) is 11.2 Å². The molecule has 0 bridgehead atoms. The van der Waals surface area contributed by atoms with Gasteiger partial charge in [-0.3, -0.25) is 0 Å². The molecule has 1 nitrogen and oxygen atoms in total. The van der Waals surface area contributed by atoms with Gasteiger partial charge in [0, 0.05) is 0 Å². The van der Waals surface area contributed by atoms with Gasteiger partial charge in [-0.2, -0.15) is 0 Å². The topological polar surface area (TPSA) is 20.2 Å². The molecule has 0 heterocycles. The van der Waals surface area contributed by atoms with E-state index in [-0.39, 0.29) is 6.10 Å². The summed E-state index contributed by atoms with van der Waals surface area (Å²) in [5.41, 5.74) is 3.03. The van der Waals surface area contributed by atoms with Crippen LogP contribution in [0.1, 0.15) is 50.7 Å². The van der Waals surface area contributed by atoms with Crippen LogP contribution in [0.4, 0.5) is 0 Å². The molecule has 1 heteroatoms. The molecule has 2 rings (SSSR count). The third-order valence-corrected chi connectivity index (χ3v) is 4.49. The number of hydrogen-bond acceptors (Lipinski definition) is 1. The van der Waals surface area contributed by atoms with Gasteiger partial charge in [0.05, 0.1) is 6.10 Å². The smallest absolute Gasteiger partial charge is 0.0608 e. The second-order valence-corrected chi connectivity index (χ2v) is 6.76. The molecule has 1 saturated carbocycles. The van der Waals surface area contributed by atoms with Gasteiger partial charge >= 0.3 is 0 Å². The first kappa shape index (κ1) is 13.6. The number of rotatable bonds is 3. The summed E-state index contributed by atoms with van der Waals surface area (Å²) in [5.74, 6) is 0.499. The van der Waals surface area contributed by atoms with Gasteiger partial charge < -0.3 is 5.11 Å². The Bertz CT molecular complexity index is 367. The van der Waals surface area contributed by atoms with Gasteiger partial charge in [-0.15, -0.1) is 0 Å². The Balaban J connectivity index is 1.89. The molecule has 0 amide bonds. The fraction of sp³-hybridized carbons (Fsp3) is 0.647. The number of aliphatic hydroxyl groups is 1. The summed E-state index contributed by atoms with van der Waals surface area (Å²) in [6, 6.07) is 8.55. The third kappa shape index (κ3) is 3.58. The Labute approximate surface area is 111 Å². The highest BCUT2D eigenvalue weighted by atomic mass is 16.3. The SMILES string of the molecule is Cc1ccc(CC(O)C2CCC(C)(C)CC2)cc1. The predicted molar refractivity (Wildman–Crippen MR) is 76.6 cm³/mol. The van der Waals surface area contributed by atoms with E-state index in [9.17, 15) is 5.11 Å². The zero-order valence-corrected chi connectivity index (χ0v) is 11.9. The minimum atomic E-state index is -0.163. The summed E-state index contributed by atoms with van der Waals surface area (Å²) in [4.78, 5) is 0.